The number of anilines is 1. The number of benzene rings is 3. The van der Waals surface area contributed by atoms with Gasteiger partial charge >= 0.3 is 0 Å². The van der Waals surface area contributed by atoms with Crippen LogP contribution in [0.25, 0.3) is 11.1 Å². The van der Waals surface area contributed by atoms with E-state index in [1.165, 1.54) is 22.3 Å². The highest BCUT2D eigenvalue weighted by Gasteiger charge is 2.29. The van der Waals surface area contributed by atoms with Crippen LogP contribution in [-0.2, 0) is 9.05 Å². The Morgan fingerprint density at radius 2 is 1.32 bits per heavy atom. The maximum atomic E-state index is 6.08. The highest BCUT2D eigenvalue weighted by Crippen LogP contribution is 2.57. The summed E-state index contributed by atoms with van der Waals surface area (Å²) in [7, 11) is 0.854. The van der Waals surface area contributed by atoms with Gasteiger partial charge in [-0.05, 0) is 42.2 Å². The average molecular weight is 393 g/mol. The van der Waals surface area contributed by atoms with E-state index in [9.17, 15) is 0 Å². The molecule has 0 spiro atoms. The fraction of sp³-hybridized carbons (Fsp3) is 0.250. The van der Waals surface area contributed by atoms with Crippen LogP contribution in [0.3, 0.4) is 0 Å². The molecule has 1 atom stereocenters. The van der Waals surface area contributed by atoms with Gasteiger partial charge in [0.1, 0.15) is 0 Å². The summed E-state index contributed by atoms with van der Waals surface area (Å²) >= 11 is 0. The van der Waals surface area contributed by atoms with Gasteiger partial charge in [0.2, 0.25) is 0 Å². The van der Waals surface area contributed by atoms with Crippen LogP contribution in [0, 0.1) is 0 Å². The second kappa shape index (κ2) is 10.4. The number of hydrogen-bond acceptors (Lipinski definition) is 3. The average Bonchev–Trinajstić information content (AvgIpc) is 2.76. The molecule has 0 aliphatic rings. The summed E-state index contributed by atoms with van der Waals surface area (Å²) in [6.07, 6.45) is 0. The molecular weight excluding hydrogens is 365 g/mol. The minimum Gasteiger partial charge on any atom is -0.388 e. The van der Waals surface area contributed by atoms with E-state index in [1.807, 2.05) is 27.0 Å². The van der Waals surface area contributed by atoms with Crippen molar-refractivity contribution in [2.24, 2.45) is 0 Å². The Labute approximate surface area is 169 Å². The highest BCUT2D eigenvalue weighted by molar-refractivity contribution is 7.48. The maximum absolute atomic E-state index is 6.08. The van der Waals surface area contributed by atoms with E-state index < -0.39 is 8.38 Å². The Bertz CT molecular complexity index is 846. The first kappa shape index (κ1) is 20.5. The molecule has 28 heavy (non-hydrogen) atoms. The van der Waals surface area contributed by atoms with Gasteiger partial charge in [-0.25, -0.2) is 0 Å². The lowest BCUT2D eigenvalue weighted by Gasteiger charge is -2.28. The van der Waals surface area contributed by atoms with Crippen molar-refractivity contribution in [3.63, 3.8) is 0 Å². The summed E-state index contributed by atoms with van der Waals surface area (Å²) in [4.78, 5) is 0. The maximum Gasteiger partial charge on any atom is 0.183 e. The summed E-state index contributed by atoms with van der Waals surface area (Å²) in [5.74, 6) is 0. The lowest BCUT2D eigenvalue weighted by atomic mass is 9.99. The van der Waals surface area contributed by atoms with Gasteiger partial charge in [-0.1, -0.05) is 72.8 Å². The van der Waals surface area contributed by atoms with Crippen molar-refractivity contribution < 1.29 is 9.05 Å². The van der Waals surface area contributed by atoms with Crippen molar-refractivity contribution >= 4 is 14.1 Å². The lowest BCUT2D eigenvalue weighted by Crippen LogP contribution is -2.07. The topological polar surface area (TPSA) is 30.5 Å². The number of nitrogens with one attached hydrogen (secondary N) is 1. The van der Waals surface area contributed by atoms with Gasteiger partial charge in [-0.2, -0.15) is 0 Å². The van der Waals surface area contributed by atoms with Crippen molar-refractivity contribution in [1.29, 1.82) is 0 Å². The zero-order valence-electron chi connectivity index (χ0n) is 16.8. The van der Waals surface area contributed by atoms with Crippen LogP contribution in [0.2, 0.25) is 0 Å². The third kappa shape index (κ3) is 4.80. The smallest absolute Gasteiger partial charge is 0.183 e. The Kier molecular flexibility index (Phi) is 7.62. The fourth-order valence-electron chi connectivity index (χ4n) is 3.31. The summed E-state index contributed by atoms with van der Waals surface area (Å²) in [6.45, 7) is 5.31. The second-order valence-corrected chi connectivity index (χ2v) is 7.95. The minimum absolute atomic E-state index is 0.0448. The van der Waals surface area contributed by atoms with E-state index in [0.29, 0.717) is 13.2 Å². The molecule has 0 aliphatic heterocycles. The number of rotatable bonds is 9. The summed E-state index contributed by atoms with van der Waals surface area (Å²) < 4.78 is 12.2. The van der Waals surface area contributed by atoms with Crippen LogP contribution >= 0.6 is 8.38 Å². The van der Waals surface area contributed by atoms with Crippen LogP contribution in [0.5, 0.6) is 0 Å². The van der Waals surface area contributed by atoms with Gasteiger partial charge in [0.05, 0.1) is 18.9 Å². The molecule has 0 saturated heterocycles. The molecule has 1 N–H and O–H groups in total. The van der Waals surface area contributed by atoms with Crippen LogP contribution < -0.4 is 5.32 Å². The molecule has 3 nitrogen and oxygen atoms in total. The number of para-hydroxylation sites is 1. The van der Waals surface area contributed by atoms with Crippen LogP contribution in [0.15, 0.2) is 78.9 Å². The quantitative estimate of drug-likeness (QED) is 0.402. The van der Waals surface area contributed by atoms with Crippen LogP contribution in [0.1, 0.15) is 30.6 Å². The van der Waals surface area contributed by atoms with Crippen molar-refractivity contribution in [2.75, 3.05) is 25.6 Å². The van der Waals surface area contributed by atoms with Crippen LogP contribution in [-0.4, -0.2) is 20.3 Å². The van der Waals surface area contributed by atoms with Crippen molar-refractivity contribution in [3.05, 3.63) is 90.0 Å². The molecule has 3 aromatic carbocycles. The highest BCUT2D eigenvalue weighted by atomic mass is 31.2. The van der Waals surface area contributed by atoms with E-state index >= 15 is 0 Å². The molecule has 0 aliphatic carbocycles. The Morgan fingerprint density at radius 1 is 0.750 bits per heavy atom. The molecule has 0 saturated carbocycles. The third-order valence-electron chi connectivity index (χ3n) is 4.58. The van der Waals surface area contributed by atoms with Crippen molar-refractivity contribution in [3.8, 4) is 11.1 Å². The Balaban J connectivity index is 2.03. The summed E-state index contributed by atoms with van der Waals surface area (Å²) in [6, 6.07) is 27.6. The SMILES string of the molecule is CCOP(OCC)C(c1ccc(-c2ccccc2)cc1)c1ccccc1NC. The zero-order chi connectivity index (χ0) is 19.8. The first-order valence-corrected chi connectivity index (χ1v) is 11.0. The van der Waals surface area contributed by atoms with Gasteiger partial charge < -0.3 is 14.4 Å². The summed E-state index contributed by atoms with van der Waals surface area (Å²) in [5, 5.41) is 3.32. The molecule has 0 fully saturated rings. The fourth-order valence-corrected chi connectivity index (χ4v) is 5.06. The van der Waals surface area contributed by atoms with E-state index in [4.69, 9.17) is 9.05 Å². The molecular formula is C24H28NO2P. The van der Waals surface area contributed by atoms with E-state index in [1.54, 1.807) is 0 Å². The first-order valence-electron chi connectivity index (χ1n) is 9.75. The predicted molar refractivity (Wildman–Crippen MR) is 120 cm³/mol. The Hall–Kier alpha value is -2.19. The normalized spacial score (nSPS) is 12.1. The molecule has 0 radical (unpaired) electrons. The molecule has 1 unspecified atom stereocenters. The van der Waals surface area contributed by atoms with Crippen molar-refractivity contribution in [2.45, 2.75) is 19.5 Å². The lowest BCUT2D eigenvalue weighted by molar-refractivity contribution is 0.265. The van der Waals surface area contributed by atoms with Gasteiger partial charge in [0, 0.05) is 12.7 Å². The van der Waals surface area contributed by atoms with Gasteiger partial charge in [0.15, 0.2) is 8.38 Å². The Morgan fingerprint density at radius 3 is 1.93 bits per heavy atom. The van der Waals surface area contributed by atoms with E-state index in [2.05, 4.69) is 78.1 Å². The second-order valence-electron chi connectivity index (χ2n) is 6.35. The molecule has 0 bridgehead atoms. The van der Waals surface area contributed by atoms with Gasteiger partial charge in [-0.15, -0.1) is 0 Å². The van der Waals surface area contributed by atoms with E-state index in [0.717, 1.165) is 5.69 Å². The zero-order valence-corrected chi connectivity index (χ0v) is 17.7. The van der Waals surface area contributed by atoms with Crippen LogP contribution in [0.4, 0.5) is 5.69 Å². The van der Waals surface area contributed by atoms with E-state index in [-0.39, 0.29) is 5.66 Å². The molecule has 3 rings (SSSR count). The predicted octanol–water partition coefficient (Wildman–Crippen LogP) is 6.87. The third-order valence-corrected chi connectivity index (χ3v) is 6.61. The number of hydrogen-bond donors (Lipinski definition) is 1. The molecule has 0 aromatic heterocycles. The molecule has 4 heteroatoms. The monoisotopic (exact) mass is 393 g/mol. The first-order chi connectivity index (χ1) is 13.8. The molecule has 146 valence electrons. The van der Waals surface area contributed by atoms with Gasteiger partial charge in [0.25, 0.3) is 0 Å². The molecule has 0 amide bonds. The largest absolute Gasteiger partial charge is 0.388 e. The standard InChI is InChI=1S/C24H28NO2P/c1-4-26-28(27-5-2)24(22-13-9-10-14-23(22)25-3)21-17-15-20(16-18-21)19-11-7-6-8-12-19/h6-18,24-25H,4-5H2,1-3H3. The van der Waals surface area contributed by atoms with Crippen molar-refractivity contribution in [1.82, 2.24) is 0 Å². The molecule has 3 aromatic rings. The summed E-state index contributed by atoms with van der Waals surface area (Å²) in [5.41, 5.74) is 5.98. The minimum atomic E-state index is -1.10. The van der Waals surface area contributed by atoms with Gasteiger partial charge in [-0.3, -0.25) is 0 Å². The molecule has 0 heterocycles.